The van der Waals surface area contributed by atoms with Crippen LogP contribution < -0.4 is 19.7 Å². The van der Waals surface area contributed by atoms with Gasteiger partial charge in [0.25, 0.3) is 11.8 Å². The Morgan fingerprint density at radius 3 is 2.30 bits per heavy atom. The summed E-state index contributed by atoms with van der Waals surface area (Å²) in [7, 11) is 0. The molecule has 0 spiro atoms. The first-order valence-electron chi connectivity index (χ1n) is 12.0. The van der Waals surface area contributed by atoms with Crippen LogP contribution in [0.25, 0.3) is 6.08 Å². The minimum Gasteiger partial charge on any atom is -0.490 e. The van der Waals surface area contributed by atoms with Gasteiger partial charge in [-0.1, -0.05) is 60.1 Å². The van der Waals surface area contributed by atoms with E-state index in [2.05, 4.69) is 41.2 Å². The molecule has 1 atom stereocenters. The lowest BCUT2D eigenvalue weighted by Crippen LogP contribution is -2.54. The summed E-state index contributed by atoms with van der Waals surface area (Å²) in [6.07, 6.45) is 2.49. The van der Waals surface area contributed by atoms with Crippen LogP contribution in [0.2, 0.25) is 0 Å². The summed E-state index contributed by atoms with van der Waals surface area (Å²) >= 11 is 3.33. The number of urea groups is 1. The van der Waals surface area contributed by atoms with E-state index in [9.17, 15) is 14.4 Å². The Bertz CT molecular complexity index is 1320. The molecule has 0 radical (unpaired) electrons. The van der Waals surface area contributed by atoms with Gasteiger partial charge >= 0.3 is 6.03 Å². The van der Waals surface area contributed by atoms with Crippen LogP contribution in [0, 0.1) is 0 Å². The highest BCUT2D eigenvalue weighted by molar-refractivity contribution is 9.10. The van der Waals surface area contributed by atoms with Crippen molar-refractivity contribution in [2.75, 3.05) is 18.1 Å². The smallest absolute Gasteiger partial charge is 0.335 e. The van der Waals surface area contributed by atoms with Crippen molar-refractivity contribution in [1.29, 1.82) is 0 Å². The van der Waals surface area contributed by atoms with Crippen LogP contribution in [0.4, 0.5) is 10.5 Å². The van der Waals surface area contributed by atoms with Gasteiger partial charge in [-0.3, -0.25) is 14.9 Å². The Balaban J connectivity index is 1.38. The van der Waals surface area contributed by atoms with Crippen molar-refractivity contribution in [3.8, 4) is 11.5 Å². The molecule has 0 saturated carbocycles. The largest absolute Gasteiger partial charge is 0.490 e. The van der Waals surface area contributed by atoms with Crippen LogP contribution in [0.15, 0.2) is 82.8 Å². The first-order chi connectivity index (χ1) is 17.9. The predicted octanol–water partition coefficient (Wildman–Crippen LogP) is 6.09. The van der Waals surface area contributed by atoms with E-state index in [1.807, 2.05) is 18.2 Å². The lowest BCUT2D eigenvalue weighted by atomic mass is 9.98. The van der Waals surface area contributed by atoms with Gasteiger partial charge < -0.3 is 9.47 Å². The number of rotatable bonds is 9. The fraction of sp³-hybridized carbons (Fsp3) is 0.207. The fourth-order valence-electron chi connectivity index (χ4n) is 3.86. The fourth-order valence-corrected chi connectivity index (χ4v) is 4.12. The lowest BCUT2D eigenvalue weighted by Gasteiger charge is -2.26. The molecule has 4 rings (SSSR count). The summed E-state index contributed by atoms with van der Waals surface area (Å²) in [5.41, 5.74) is 2.03. The third kappa shape index (κ3) is 6.27. The molecule has 0 aromatic heterocycles. The number of halogens is 1. The zero-order valence-corrected chi connectivity index (χ0v) is 22.2. The maximum Gasteiger partial charge on any atom is 0.335 e. The molecule has 1 N–H and O–H groups in total. The van der Waals surface area contributed by atoms with Crippen molar-refractivity contribution >= 4 is 45.5 Å². The summed E-state index contributed by atoms with van der Waals surface area (Å²) in [4.78, 5) is 38.7. The van der Waals surface area contributed by atoms with Crippen molar-refractivity contribution < 1.29 is 23.9 Å². The summed E-state index contributed by atoms with van der Waals surface area (Å²) in [5.74, 6) is 0.488. The average molecular weight is 563 g/mol. The number of carbonyl (C=O) groups is 3. The van der Waals surface area contributed by atoms with E-state index in [0.29, 0.717) is 36.1 Å². The van der Waals surface area contributed by atoms with E-state index in [4.69, 9.17) is 9.47 Å². The van der Waals surface area contributed by atoms with Crippen molar-refractivity contribution in [3.05, 3.63) is 94.0 Å². The van der Waals surface area contributed by atoms with Gasteiger partial charge in [0, 0.05) is 4.47 Å². The third-order valence-electron chi connectivity index (χ3n) is 6.05. The Morgan fingerprint density at radius 2 is 1.59 bits per heavy atom. The number of benzene rings is 3. The highest BCUT2D eigenvalue weighted by Gasteiger charge is 2.36. The molecule has 1 heterocycles. The molecule has 190 valence electrons. The van der Waals surface area contributed by atoms with Crippen molar-refractivity contribution in [3.63, 3.8) is 0 Å². The highest BCUT2D eigenvalue weighted by Crippen LogP contribution is 2.28. The Morgan fingerprint density at radius 1 is 0.919 bits per heavy atom. The third-order valence-corrected chi connectivity index (χ3v) is 6.58. The number of hydrogen-bond acceptors (Lipinski definition) is 5. The van der Waals surface area contributed by atoms with Crippen molar-refractivity contribution in [1.82, 2.24) is 5.32 Å². The van der Waals surface area contributed by atoms with E-state index >= 15 is 0 Å². The molecular formula is C29H27BrN2O5. The Kier molecular flexibility index (Phi) is 8.40. The van der Waals surface area contributed by atoms with Gasteiger partial charge in [0.2, 0.25) is 0 Å². The Labute approximate surface area is 224 Å². The van der Waals surface area contributed by atoms with Crippen molar-refractivity contribution in [2.45, 2.75) is 26.2 Å². The summed E-state index contributed by atoms with van der Waals surface area (Å²) in [6.45, 7) is 5.09. The lowest BCUT2D eigenvalue weighted by molar-refractivity contribution is -0.122. The molecule has 1 fully saturated rings. The van der Waals surface area contributed by atoms with E-state index in [1.165, 1.54) is 11.6 Å². The van der Waals surface area contributed by atoms with Crippen LogP contribution in [-0.2, 0) is 9.59 Å². The standard InChI is InChI=1S/C29H27BrN2O5/c1-3-19(2)24-6-4-5-7-26(24)37-17-16-36-23-14-8-20(9-15-23)18-25-27(33)31-29(35)32(28(25)34)22-12-10-21(30)11-13-22/h4-15,18-19H,3,16-17H2,1-2H3,(H,31,33,35)/b25-18+/t19-/m1/s1. The van der Waals surface area contributed by atoms with Gasteiger partial charge in [0.1, 0.15) is 30.3 Å². The molecule has 1 aliphatic rings. The van der Waals surface area contributed by atoms with E-state index in [1.54, 1.807) is 48.5 Å². The second kappa shape index (κ2) is 11.9. The average Bonchev–Trinajstić information content (AvgIpc) is 2.90. The van der Waals surface area contributed by atoms with Crippen LogP contribution >= 0.6 is 15.9 Å². The number of hydrogen-bond donors (Lipinski definition) is 1. The summed E-state index contributed by atoms with van der Waals surface area (Å²) in [5, 5.41) is 2.23. The van der Waals surface area contributed by atoms with Crippen molar-refractivity contribution in [2.24, 2.45) is 0 Å². The first-order valence-corrected chi connectivity index (χ1v) is 12.8. The van der Waals surface area contributed by atoms with Gasteiger partial charge in [-0.05, 0) is 72.0 Å². The molecule has 8 heteroatoms. The normalized spacial score (nSPS) is 15.5. The molecule has 3 aromatic rings. The monoisotopic (exact) mass is 562 g/mol. The van der Waals surface area contributed by atoms with Gasteiger partial charge in [-0.25, -0.2) is 9.69 Å². The number of barbiturate groups is 1. The van der Waals surface area contributed by atoms with Gasteiger partial charge in [0.05, 0.1) is 5.69 Å². The zero-order valence-electron chi connectivity index (χ0n) is 20.6. The molecule has 0 bridgehead atoms. The maximum atomic E-state index is 13.0. The molecule has 1 saturated heterocycles. The van der Waals surface area contributed by atoms with E-state index in [-0.39, 0.29) is 5.57 Å². The quantitative estimate of drug-likeness (QED) is 0.194. The number of anilines is 1. The molecule has 0 unspecified atom stereocenters. The first kappa shape index (κ1) is 26.2. The SMILES string of the molecule is CC[C@@H](C)c1ccccc1OCCOc1ccc(/C=C2\C(=O)NC(=O)N(c3ccc(Br)cc3)C2=O)cc1. The minimum absolute atomic E-state index is 0.135. The number of ether oxygens (including phenoxy) is 2. The van der Waals surface area contributed by atoms with Gasteiger partial charge in [0.15, 0.2) is 0 Å². The van der Waals surface area contributed by atoms with Crippen LogP contribution in [0.5, 0.6) is 11.5 Å². The van der Waals surface area contributed by atoms with Crippen LogP contribution in [0.3, 0.4) is 0 Å². The number of imide groups is 2. The molecule has 7 nitrogen and oxygen atoms in total. The number of para-hydroxylation sites is 1. The number of carbonyl (C=O) groups excluding carboxylic acids is 3. The molecule has 37 heavy (non-hydrogen) atoms. The zero-order chi connectivity index (χ0) is 26.4. The number of nitrogens with zero attached hydrogens (tertiary/aromatic N) is 1. The summed E-state index contributed by atoms with van der Waals surface area (Å²) < 4.78 is 12.5. The molecule has 4 amide bonds. The van der Waals surface area contributed by atoms with E-state index < -0.39 is 17.8 Å². The number of nitrogens with one attached hydrogen (secondary N) is 1. The highest BCUT2D eigenvalue weighted by atomic mass is 79.9. The molecule has 1 aliphatic heterocycles. The molecule has 0 aliphatic carbocycles. The topological polar surface area (TPSA) is 84.9 Å². The molecule has 3 aromatic carbocycles. The van der Waals surface area contributed by atoms with Crippen LogP contribution in [-0.4, -0.2) is 31.1 Å². The predicted molar refractivity (Wildman–Crippen MR) is 146 cm³/mol. The summed E-state index contributed by atoms with van der Waals surface area (Å²) in [6, 6.07) is 20.9. The maximum absolute atomic E-state index is 13.0. The Hall–Kier alpha value is -3.91. The minimum atomic E-state index is -0.785. The number of amides is 4. The van der Waals surface area contributed by atoms with Gasteiger partial charge in [-0.15, -0.1) is 0 Å². The van der Waals surface area contributed by atoms with Crippen LogP contribution in [0.1, 0.15) is 37.3 Å². The van der Waals surface area contributed by atoms with Gasteiger partial charge in [-0.2, -0.15) is 0 Å². The van der Waals surface area contributed by atoms with E-state index in [0.717, 1.165) is 21.5 Å². The second-order valence-corrected chi connectivity index (χ2v) is 9.46. The molecular weight excluding hydrogens is 536 g/mol. The second-order valence-electron chi connectivity index (χ2n) is 8.55.